The molecule has 1 atom stereocenters. The van der Waals surface area contributed by atoms with Gasteiger partial charge in [0.05, 0.1) is 5.56 Å². The SMILES string of the molecule is O=C(NC1CCCCC1)c1c(NC(=O)[C@H]2CCCO2)sc2c1CCCC2. The van der Waals surface area contributed by atoms with Crippen molar-refractivity contribution in [1.29, 1.82) is 0 Å². The molecule has 0 unspecified atom stereocenters. The minimum atomic E-state index is -0.372. The monoisotopic (exact) mass is 376 g/mol. The first-order valence-electron chi connectivity index (χ1n) is 10.1. The maximum atomic E-state index is 13.1. The van der Waals surface area contributed by atoms with E-state index in [4.69, 9.17) is 4.74 Å². The average molecular weight is 377 g/mol. The Morgan fingerprint density at radius 3 is 2.54 bits per heavy atom. The van der Waals surface area contributed by atoms with E-state index in [1.807, 2.05) is 0 Å². The van der Waals surface area contributed by atoms with Crippen LogP contribution in [0.25, 0.3) is 0 Å². The fraction of sp³-hybridized carbons (Fsp3) is 0.700. The molecule has 1 aromatic heterocycles. The molecule has 2 amide bonds. The molecule has 1 saturated carbocycles. The number of nitrogens with one attached hydrogen (secondary N) is 2. The molecule has 2 heterocycles. The van der Waals surface area contributed by atoms with Gasteiger partial charge in [-0.1, -0.05) is 19.3 Å². The largest absolute Gasteiger partial charge is 0.368 e. The van der Waals surface area contributed by atoms with Gasteiger partial charge in [0.1, 0.15) is 11.1 Å². The van der Waals surface area contributed by atoms with E-state index in [9.17, 15) is 9.59 Å². The second-order valence-electron chi connectivity index (χ2n) is 7.71. The van der Waals surface area contributed by atoms with Crippen LogP contribution in [0.1, 0.15) is 78.6 Å². The molecule has 1 aromatic rings. The third kappa shape index (κ3) is 3.81. The molecule has 0 spiro atoms. The summed E-state index contributed by atoms with van der Waals surface area (Å²) in [6, 6.07) is 0.275. The van der Waals surface area contributed by atoms with Crippen LogP contribution in [0.4, 0.5) is 5.00 Å². The predicted molar refractivity (Wildman–Crippen MR) is 103 cm³/mol. The Hall–Kier alpha value is -1.40. The van der Waals surface area contributed by atoms with E-state index in [1.165, 1.54) is 24.1 Å². The molecule has 2 aliphatic carbocycles. The quantitative estimate of drug-likeness (QED) is 0.840. The Labute approximate surface area is 158 Å². The van der Waals surface area contributed by atoms with Crippen LogP contribution in [0.5, 0.6) is 0 Å². The zero-order valence-electron chi connectivity index (χ0n) is 15.3. The van der Waals surface area contributed by atoms with Crippen LogP contribution in [-0.2, 0) is 22.4 Å². The van der Waals surface area contributed by atoms with E-state index < -0.39 is 0 Å². The van der Waals surface area contributed by atoms with E-state index >= 15 is 0 Å². The van der Waals surface area contributed by atoms with E-state index in [1.54, 1.807) is 11.3 Å². The van der Waals surface area contributed by atoms with Gasteiger partial charge in [-0.25, -0.2) is 0 Å². The van der Waals surface area contributed by atoms with Crippen LogP contribution in [0.3, 0.4) is 0 Å². The number of fused-ring (bicyclic) bond motifs is 1. The lowest BCUT2D eigenvalue weighted by molar-refractivity contribution is -0.124. The molecule has 0 radical (unpaired) electrons. The molecule has 6 heteroatoms. The van der Waals surface area contributed by atoms with Gasteiger partial charge in [0.15, 0.2) is 0 Å². The number of hydrogen-bond donors (Lipinski definition) is 2. The summed E-state index contributed by atoms with van der Waals surface area (Å²) < 4.78 is 5.50. The third-order valence-corrected chi connectivity index (χ3v) is 7.00. The van der Waals surface area contributed by atoms with Gasteiger partial charge in [0, 0.05) is 17.5 Å². The van der Waals surface area contributed by atoms with Crippen molar-refractivity contribution >= 4 is 28.2 Å². The molecule has 1 saturated heterocycles. The first-order chi connectivity index (χ1) is 12.7. The lowest BCUT2D eigenvalue weighted by atomic mass is 9.93. The number of carbonyl (C=O) groups is 2. The van der Waals surface area contributed by atoms with E-state index in [2.05, 4.69) is 10.6 Å². The number of rotatable bonds is 4. The molecule has 5 nitrogen and oxygen atoms in total. The molecular weight excluding hydrogens is 348 g/mol. The van der Waals surface area contributed by atoms with Gasteiger partial charge >= 0.3 is 0 Å². The highest BCUT2D eigenvalue weighted by atomic mass is 32.1. The predicted octanol–water partition coefficient (Wildman–Crippen LogP) is 3.81. The molecule has 1 aliphatic heterocycles. The standard InChI is InChI=1S/C20H28N2O3S/c23-18(15-10-6-12-25-15)22-20-17(14-9-4-5-11-16(14)26-20)19(24)21-13-7-2-1-3-8-13/h13,15H,1-12H2,(H,21,24)(H,22,23)/t15-/m1/s1. The van der Waals surface area contributed by atoms with Crippen LogP contribution >= 0.6 is 11.3 Å². The van der Waals surface area contributed by atoms with Crippen LogP contribution < -0.4 is 10.6 Å². The lowest BCUT2D eigenvalue weighted by Gasteiger charge is -2.23. The maximum Gasteiger partial charge on any atom is 0.254 e. The maximum absolute atomic E-state index is 13.1. The fourth-order valence-corrected chi connectivity index (χ4v) is 5.67. The zero-order chi connectivity index (χ0) is 17.9. The van der Waals surface area contributed by atoms with Crippen molar-refractivity contribution in [3.05, 3.63) is 16.0 Å². The Balaban J connectivity index is 1.55. The fourth-order valence-electron chi connectivity index (χ4n) is 4.38. The van der Waals surface area contributed by atoms with Crippen molar-refractivity contribution < 1.29 is 14.3 Å². The van der Waals surface area contributed by atoms with Gasteiger partial charge in [0.2, 0.25) is 0 Å². The second kappa shape index (κ2) is 8.09. The van der Waals surface area contributed by atoms with Crippen LogP contribution in [-0.4, -0.2) is 30.6 Å². The van der Waals surface area contributed by atoms with Crippen molar-refractivity contribution in [2.24, 2.45) is 0 Å². The smallest absolute Gasteiger partial charge is 0.254 e. The summed E-state index contributed by atoms with van der Waals surface area (Å²) in [6.07, 6.45) is 11.3. The first kappa shape index (κ1) is 18.0. The summed E-state index contributed by atoms with van der Waals surface area (Å²) in [4.78, 5) is 26.9. The number of carbonyl (C=O) groups excluding carboxylic acids is 2. The number of thiophene rings is 1. The van der Waals surface area contributed by atoms with Crippen LogP contribution in [0, 0.1) is 0 Å². The van der Waals surface area contributed by atoms with Crippen molar-refractivity contribution in [1.82, 2.24) is 5.32 Å². The Morgan fingerprint density at radius 1 is 0.962 bits per heavy atom. The van der Waals surface area contributed by atoms with Crippen molar-refractivity contribution in [2.45, 2.75) is 82.8 Å². The van der Waals surface area contributed by atoms with Gasteiger partial charge in [-0.05, 0) is 56.9 Å². The molecule has 26 heavy (non-hydrogen) atoms. The van der Waals surface area contributed by atoms with Crippen LogP contribution in [0.2, 0.25) is 0 Å². The molecule has 0 aromatic carbocycles. The van der Waals surface area contributed by atoms with E-state index in [0.29, 0.717) is 6.61 Å². The number of anilines is 1. The van der Waals surface area contributed by atoms with Gasteiger partial charge in [-0.15, -0.1) is 11.3 Å². The Kier molecular flexibility index (Phi) is 5.60. The van der Waals surface area contributed by atoms with Crippen molar-refractivity contribution in [2.75, 3.05) is 11.9 Å². The summed E-state index contributed by atoms with van der Waals surface area (Å²) in [6.45, 7) is 0.647. The minimum Gasteiger partial charge on any atom is -0.368 e. The summed E-state index contributed by atoms with van der Waals surface area (Å²) in [5.41, 5.74) is 1.89. The average Bonchev–Trinajstić information content (AvgIpc) is 3.30. The summed E-state index contributed by atoms with van der Waals surface area (Å²) in [5, 5.41) is 6.99. The van der Waals surface area contributed by atoms with Crippen LogP contribution in [0.15, 0.2) is 0 Å². The molecule has 3 aliphatic rings. The highest BCUT2D eigenvalue weighted by molar-refractivity contribution is 7.17. The third-order valence-electron chi connectivity index (χ3n) is 5.80. The molecule has 4 rings (SSSR count). The molecule has 142 valence electrons. The van der Waals surface area contributed by atoms with Gasteiger partial charge in [-0.2, -0.15) is 0 Å². The Bertz CT molecular complexity index is 673. The van der Waals surface area contributed by atoms with Crippen molar-refractivity contribution in [3.63, 3.8) is 0 Å². The Morgan fingerprint density at radius 2 is 1.77 bits per heavy atom. The summed E-state index contributed by atoms with van der Waals surface area (Å²) >= 11 is 1.59. The summed E-state index contributed by atoms with van der Waals surface area (Å²) in [7, 11) is 0. The molecule has 0 bridgehead atoms. The van der Waals surface area contributed by atoms with Crippen molar-refractivity contribution in [3.8, 4) is 0 Å². The zero-order valence-corrected chi connectivity index (χ0v) is 16.1. The van der Waals surface area contributed by atoms with E-state index in [0.717, 1.165) is 67.5 Å². The number of aryl methyl sites for hydroxylation is 1. The normalized spacial score (nSPS) is 23.5. The van der Waals surface area contributed by atoms with Gasteiger partial charge in [-0.3, -0.25) is 9.59 Å². The minimum absolute atomic E-state index is 0.000981. The molecule has 2 N–H and O–H groups in total. The number of hydrogen-bond acceptors (Lipinski definition) is 4. The highest BCUT2D eigenvalue weighted by Gasteiger charge is 2.30. The number of amides is 2. The van der Waals surface area contributed by atoms with E-state index in [-0.39, 0.29) is 24.0 Å². The van der Waals surface area contributed by atoms with Gasteiger partial charge < -0.3 is 15.4 Å². The number of ether oxygens (including phenoxy) is 1. The second-order valence-corrected chi connectivity index (χ2v) is 8.82. The summed E-state index contributed by atoms with van der Waals surface area (Å²) in [5.74, 6) is -0.105. The first-order valence-corrected chi connectivity index (χ1v) is 10.9. The van der Waals surface area contributed by atoms with Gasteiger partial charge in [0.25, 0.3) is 11.8 Å². The topological polar surface area (TPSA) is 67.4 Å². The lowest BCUT2D eigenvalue weighted by Crippen LogP contribution is -2.37. The molecular formula is C20H28N2O3S. The molecule has 2 fully saturated rings. The highest BCUT2D eigenvalue weighted by Crippen LogP contribution is 2.38.